The van der Waals surface area contributed by atoms with E-state index in [9.17, 15) is 17.6 Å². The van der Waals surface area contributed by atoms with Gasteiger partial charge in [-0.2, -0.15) is 8.78 Å². The SMILES string of the molecule is FC(F)C(F)(F)CNCc1ccc(Cl)c2cccnc12. The summed E-state index contributed by atoms with van der Waals surface area (Å²) in [5.74, 6) is -4.05. The summed E-state index contributed by atoms with van der Waals surface area (Å²) in [4.78, 5) is 4.13. The van der Waals surface area contributed by atoms with E-state index in [1.807, 2.05) is 0 Å². The fraction of sp³-hybridized carbons (Fsp3) is 0.308. The summed E-state index contributed by atoms with van der Waals surface area (Å²) in [6, 6.07) is 6.71. The zero-order valence-electron chi connectivity index (χ0n) is 10.2. The number of rotatable bonds is 5. The van der Waals surface area contributed by atoms with E-state index in [4.69, 9.17) is 11.6 Å². The Morgan fingerprint density at radius 3 is 2.70 bits per heavy atom. The van der Waals surface area contributed by atoms with E-state index in [0.29, 0.717) is 21.5 Å². The molecule has 0 amide bonds. The van der Waals surface area contributed by atoms with Gasteiger partial charge in [-0.1, -0.05) is 17.7 Å². The van der Waals surface area contributed by atoms with Gasteiger partial charge in [0.2, 0.25) is 0 Å². The van der Waals surface area contributed by atoms with Crippen LogP contribution < -0.4 is 5.32 Å². The monoisotopic (exact) mass is 306 g/mol. The van der Waals surface area contributed by atoms with Crippen molar-refractivity contribution in [1.29, 1.82) is 0 Å². The molecule has 0 aliphatic rings. The third kappa shape index (κ3) is 3.19. The maximum absolute atomic E-state index is 12.8. The lowest BCUT2D eigenvalue weighted by Crippen LogP contribution is -2.38. The number of aromatic nitrogens is 1. The Morgan fingerprint density at radius 2 is 2.00 bits per heavy atom. The Bertz CT molecular complexity index is 604. The van der Waals surface area contributed by atoms with Crippen molar-refractivity contribution in [3.8, 4) is 0 Å². The fourth-order valence-corrected chi connectivity index (χ4v) is 2.00. The first-order valence-electron chi connectivity index (χ1n) is 5.80. The van der Waals surface area contributed by atoms with Crippen LogP contribution in [0.1, 0.15) is 5.56 Å². The van der Waals surface area contributed by atoms with Gasteiger partial charge in [-0.15, -0.1) is 0 Å². The van der Waals surface area contributed by atoms with Crippen molar-refractivity contribution in [1.82, 2.24) is 10.3 Å². The highest BCUT2D eigenvalue weighted by Crippen LogP contribution is 2.25. The van der Waals surface area contributed by atoms with E-state index in [1.165, 1.54) is 0 Å². The Balaban J connectivity index is 2.13. The fourth-order valence-electron chi connectivity index (χ4n) is 1.78. The van der Waals surface area contributed by atoms with Crippen LogP contribution in [0.3, 0.4) is 0 Å². The van der Waals surface area contributed by atoms with Crippen molar-refractivity contribution in [3.05, 3.63) is 41.0 Å². The zero-order chi connectivity index (χ0) is 14.8. The Kier molecular flexibility index (Phi) is 4.45. The molecule has 1 heterocycles. The minimum Gasteiger partial charge on any atom is -0.307 e. The van der Waals surface area contributed by atoms with Gasteiger partial charge in [0.1, 0.15) is 0 Å². The standard InChI is InChI=1S/C13H11ClF4N2/c14-10-4-3-8(11-9(10)2-1-5-20-11)6-19-7-13(17,18)12(15)16/h1-5,12,19H,6-7H2. The number of nitrogens with one attached hydrogen (secondary N) is 1. The lowest BCUT2D eigenvalue weighted by molar-refractivity contribution is -0.125. The van der Waals surface area contributed by atoms with Gasteiger partial charge in [-0.05, 0) is 23.8 Å². The van der Waals surface area contributed by atoms with Crippen molar-refractivity contribution in [2.75, 3.05) is 6.54 Å². The van der Waals surface area contributed by atoms with Gasteiger partial charge in [0.05, 0.1) is 12.1 Å². The van der Waals surface area contributed by atoms with E-state index in [0.717, 1.165) is 0 Å². The largest absolute Gasteiger partial charge is 0.319 e. The molecule has 2 rings (SSSR count). The third-order valence-electron chi connectivity index (χ3n) is 2.80. The quantitative estimate of drug-likeness (QED) is 0.848. The van der Waals surface area contributed by atoms with Crippen LogP contribution >= 0.6 is 11.6 Å². The van der Waals surface area contributed by atoms with Crippen LogP contribution in [0.2, 0.25) is 5.02 Å². The molecule has 2 nitrogen and oxygen atoms in total. The first-order valence-corrected chi connectivity index (χ1v) is 6.18. The molecule has 108 valence electrons. The van der Waals surface area contributed by atoms with Gasteiger partial charge in [-0.25, -0.2) is 8.78 Å². The molecule has 0 saturated carbocycles. The second kappa shape index (κ2) is 5.93. The van der Waals surface area contributed by atoms with Crippen LogP contribution in [-0.4, -0.2) is 23.9 Å². The summed E-state index contributed by atoms with van der Waals surface area (Å²) < 4.78 is 49.6. The minimum absolute atomic E-state index is 0.00694. The van der Waals surface area contributed by atoms with E-state index in [2.05, 4.69) is 10.3 Å². The van der Waals surface area contributed by atoms with Crippen LogP contribution in [-0.2, 0) is 6.54 Å². The molecule has 20 heavy (non-hydrogen) atoms. The molecule has 2 aromatic rings. The van der Waals surface area contributed by atoms with Gasteiger partial charge in [-0.3, -0.25) is 4.98 Å². The highest BCUT2D eigenvalue weighted by atomic mass is 35.5. The van der Waals surface area contributed by atoms with Gasteiger partial charge in [0.25, 0.3) is 0 Å². The van der Waals surface area contributed by atoms with E-state index < -0.39 is 18.9 Å². The number of benzene rings is 1. The Hall–Kier alpha value is -1.40. The number of pyridine rings is 1. The molecule has 1 N–H and O–H groups in total. The summed E-state index contributed by atoms with van der Waals surface area (Å²) in [6.45, 7) is -1.09. The molecule has 1 aromatic heterocycles. The molecule has 0 bridgehead atoms. The molecule has 0 saturated heterocycles. The van der Waals surface area contributed by atoms with Gasteiger partial charge in [0.15, 0.2) is 0 Å². The normalized spacial score (nSPS) is 12.3. The molecule has 0 spiro atoms. The summed E-state index contributed by atoms with van der Waals surface area (Å²) in [7, 11) is 0. The van der Waals surface area contributed by atoms with Crippen molar-refractivity contribution in [2.24, 2.45) is 0 Å². The average molecular weight is 307 g/mol. The van der Waals surface area contributed by atoms with Crippen molar-refractivity contribution < 1.29 is 17.6 Å². The van der Waals surface area contributed by atoms with Crippen molar-refractivity contribution in [3.63, 3.8) is 0 Å². The Morgan fingerprint density at radius 1 is 1.25 bits per heavy atom. The Labute approximate surface area is 117 Å². The average Bonchev–Trinajstić information content (AvgIpc) is 2.41. The molecule has 0 fully saturated rings. The van der Waals surface area contributed by atoms with Crippen LogP contribution in [0.25, 0.3) is 10.9 Å². The predicted molar refractivity (Wildman–Crippen MR) is 69.4 cm³/mol. The second-order valence-corrected chi connectivity index (χ2v) is 4.68. The maximum atomic E-state index is 12.8. The predicted octanol–water partition coefficient (Wildman–Crippen LogP) is 3.88. The van der Waals surface area contributed by atoms with Crippen molar-refractivity contribution in [2.45, 2.75) is 18.9 Å². The number of hydrogen-bond donors (Lipinski definition) is 1. The summed E-state index contributed by atoms with van der Waals surface area (Å²) in [5, 5.41) is 3.51. The maximum Gasteiger partial charge on any atom is 0.319 e. The molecule has 7 heteroatoms. The molecule has 1 aromatic carbocycles. The summed E-state index contributed by atoms with van der Waals surface area (Å²) in [5.41, 5.74) is 1.18. The molecule has 0 atom stereocenters. The molecular formula is C13H11ClF4N2. The highest BCUT2D eigenvalue weighted by molar-refractivity contribution is 6.35. The first kappa shape index (κ1) is 15.0. The van der Waals surface area contributed by atoms with E-state index >= 15 is 0 Å². The van der Waals surface area contributed by atoms with E-state index in [-0.39, 0.29) is 6.54 Å². The lowest BCUT2D eigenvalue weighted by Gasteiger charge is -2.16. The van der Waals surface area contributed by atoms with Gasteiger partial charge >= 0.3 is 12.3 Å². The molecule has 0 radical (unpaired) electrons. The number of alkyl halides is 4. The highest BCUT2D eigenvalue weighted by Gasteiger charge is 2.39. The van der Waals surface area contributed by atoms with Gasteiger partial charge in [0, 0.05) is 23.2 Å². The van der Waals surface area contributed by atoms with Crippen LogP contribution in [0.4, 0.5) is 17.6 Å². The van der Waals surface area contributed by atoms with E-state index in [1.54, 1.807) is 30.5 Å². The summed E-state index contributed by atoms with van der Waals surface area (Å²) >= 11 is 6.00. The molecular weight excluding hydrogens is 296 g/mol. The molecule has 0 aliphatic heterocycles. The third-order valence-corrected chi connectivity index (χ3v) is 3.13. The number of nitrogens with zero attached hydrogens (tertiary/aromatic N) is 1. The topological polar surface area (TPSA) is 24.9 Å². The minimum atomic E-state index is -4.05. The molecule has 0 unspecified atom stereocenters. The smallest absolute Gasteiger partial charge is 0.307 e. The van der Waals surface area contributed by atoms with Gasteiger partial charge < -0.3 is 5.32 Å². The zero-order valence-corrected chi connectivity index (χ0v) is 11.0. The first-order chi connectivity index (χ1) is 9.42. The number of fused-ring (bicyclic) bond motifs is 1. The van der Waals surface area contributed by atoms with Crippen LogP contribution in [0, 0.1) is 0 Å². The van der Waals surface area contributed by atoms with Crippen molar-refractivity contribution >= 4 is 22.5 Å². The number of halogens is 5. The lowest BCUT2D eigenvalue weighted by atomic mass is 10.1. The summed E-state index contributed by atoms with van der Waals surface area (Å²) in [6.07, 6.45) is -2.13. The number of hydrogen-bond acceptors (Lipinski definition) is 2. The van der Waals surface area contributed by atoms with Crippen LogP contribution in [0.15, 0.2) is 30.5 Å². The van der Waals surface area contributed by atoms with Crippen LogP contribution in [0.5, 0.6) is 0 Å². The molecule has 0 aliphatic carbocycles. The second-order valence-electron chi connectivity index (χ2n) is 4.27.